The molecule has 1 unspecified atom stereocenters. The second-order valence-corrected chi connectivity index (χ2v) is 9.66. The molecule has 0 bridgehead atoms. The number of carbonyl (C=O) groups is 1. The highest BCUT2D eigenvalue weighted by atomic mass is 16.5. The molecule has 1 aromatic heterocycles. The van der Waals surface area contributed by atoms with Crippen molar-refractivity contribution in [1.29, 1.82) is 0 Å². The van der Waals surface area contributed by atoms with Gasteiger partial charge in [0, 0.05) is 43.2 Å². The van der Waals surface area contributed by atoms with Gasteiger partial charge in [-0.1, -0.05) is 60.7 Å². The number of methoxy groups -OCH3 is 1. The predicted octanol–water partition coefficient (Wildman–Crippen LogP) is 5.10. The quantitative estimate of drug-likeness (QED) is 0.327. The van der Waals surface area contributed by atoms with Gasteiger partial charge in [-0.15, -0.1) is 0 Å². The Morgan fingerprint density at radius 1 is 0.946 bits per heavy atom. The van der Waals surface area contributed by atoms with Crippen LogP contribution in [0.1, 0.15) is 36.0 Å². The van der Waals surface area contributed by atoms with Crippen LogP contribution in [0.25, 0.3) is 10.9 Å². The summed E-state index contributed by atoms with van der Waals surface area (Å²) in [6.07, 6.45) is 4.07. The summed E-state index contributed by atoms with van der Waals surface area (Å²) >= 11 is 0. The molecule has 1 aliphatic rings. The second-order valence-electron chi connectivity index (χ2n) is 9.66. The van der Waals surface area contributed by atoms with Gasteiger partial charge in [0.15, 0.2) is 5.72 Å². The molecule has 6 heteroatoms. The van der Waals surface area contributed by atoms with Crippen molar-refractivity contribution in [3.05, 3.63) is 108 Å². The molecular formula is C31H33N3O3. The number of ether oxygens (including phenoxy) is 1. The van der Waals surface area contributed by atoms with Crippen molar-refractivity contribution in [2.75, 3.05) is 20.2 Å². The van der Waals surface area contributed by atoms with E-state index in [4.69, 9.17) is 4.74 Å². The molecule has 1 atom stereocenters. The minimum Gasteiger partial charge on any atom is -0.497 e. The number of amides is 1. The molecule has 6 nitrogen and oxygen atoms in total. The van der Waals surface area contributed by atoms with Gasteiger partial charge in [-0.2, -0.15) is 0 Å². The number of pyridine rings is 1. The number of aliphatic hydroxyl groups is 1. The average molecular weight is 496 g/mol. The minimum atomic E-state index is -1.48. The summed E-state index contributed by atoms with van der Waals surface area (Å²) in [5.74, 6) is 0.774. The van der Waals surface area contributed by atoms with Crippen LogP contribution in [0.4, 0.5) is 0 Å². The molecule has 0 spiro atoms. The lowest BCUT2D eigenvalue weighted by Gasteiger charge is -2.44. The highest BCUT2D eigenvalue weighted by molar-refractivity contribution is 5.84. The van der Waals surface area contributed by atoms with Gasteiger partial charge in [0.1, 0.15) is 5.75 Å². The number of β-amino-alcohol motifs (C(OH)–C–C–N with tert-alkyl or cyclic N) is 1. The third-order valence-electron chi connectivity index (χ3n) is 7.17. The highest BCUT2D eigenvalue weighted by Crippen LogP contribution is 2.36. The van der Waals surface area contributed by atoms with E-state index in [1.54, 1.807) is 13.3 Å². The van der Waals surface area contributed by atoms with Crippen molar-refractivity contribution in [2.24, 2.45) is 0 Å². The van der Waals surface area contributed by atoms with Crippen molar-refractivity contribution in [3.63, 3.8) is 0 Å². The fraction of sp³-hybridized carbons (Fsp3) is 0.290. The van der Waals surface area contributed by atoms with Gasteiger partial charge in [0.2, 0.25) is 5.91 Å². The number of benzene rings is 3. The van der Waals surface area contributed by atoms with E-state index in [2.05, 4.69) is 34.1 Å². The molecule has 1 fully saturated rings. The van der Waals surface area contributed by atoms with Crippen molar-refractivity contribution >= 4 is 16.8 Å². The van der Waals surface area contributed by atoms with E-state index in [0.29, 0.717) is 37.4 Å². The molecule has 3 aromatic carbocycles. The number of likely N-dealkylation sites (tertiary alicyclic amines) is 1. The maximum atomic E-state index is 13.0. The van der Waals surface area contributed by atoms with Crippen LogP contribution in [-0.4, -0.2) is 46.0 Å². The van der Waals surface area contributed by atoms with Gasteiger partial charge in [0.05, 0.1) is 19.2 Å². The van der Waals surface area contributed by atoms with Crippen LogP contribution < -0.4 is 4.74 Å². The number of aromatic nitrogens is 1. The van der Waals surface area contributed by atoms with Gasteiger partial charge in [-0.3, -0.25) is 14.7 Å². The zero-order valence-electron chi connectivity index (χ0n) is 21.2. The molecule has 0 saturated carbocycles. The number of nitrogens with zero attached hydrogens (tertiary/aromatic N) is 3. The maximum absolute atomic E-state index is 13.0. The molecule has 1 amide bonds. The van der Waals surface area contributed by atoms with E-state index in [1.165, 1.54) is 0 Å². The molecular weight excluding hydrogens is 462 g/mol. The van der Waals surface area contributed by atoms with Crippen molar-refractivity contribution in [3.8, 4) is 5.75 Å². The van der Waals surface area contributed by atoms with Crippen LogP contribution in [-0.2, 0) is 23.6 Å². The zero-order valence-corrected chi connectivity index (χ0v) is 21.2. The van der Waals surface area contributed by atoms with E-state index >= 15 is 0 Å². The Kier molecular flexibility index (Phi) is 7.49. The van der Waals surface area contributed by atoms with Crippen LogP contribution in [0.3, 0.4) is 0 Å². The Morgan fingerprint density at radius 2 is 1.62 bits per heavy atom. The van der Waals surface area contributed by atoms with E-state index in [9.17, 15) is 9.90 Å². The smallest absolute Gasteiger partial charge is 0.222 e. The minimum absolute atomic E-state index is 0.0833. The zero-order chi connectivity index (χ0) is 25.7. The Labute approximate surface area is 218 Å². The maximum Gasteiger partial charge on any atom is 0.222 e. The number of hydrogen-bond acceptors (Lipinski definition) is 5. The van der Waals surface area contributed by atoms with Crippen molar-refractivity contribution in [2.45, 2.75) is 38.1 Å². The molecule has 1 aliphatic heterocycles. The third-order valence-corrected chi connectivity index (χ3v) is 7.17. The fourth-order valence-electron chi connectivity index (χ4n) is 5.18. The standard InChI is InChI=1S/C31H33N3O3/c1-37-26-15-16-29-27(20-26)28(17-18-32-29)31(36,23-33-19-9-8-14-30(33)35)34(21-24-10-4-2-5-11-24)22-25-12-6-3-7-13-25/h2-7,10-13,15-18,20,36H,8-9,14,19,21-23H2,1H3. The summed E-state index contributed by atoms with van der Waals surface area (Å²) in [5.41, 5.74) is 2.16. The molecule has 5 rings (SSSR count). The van der Waals surface area contributed by atoms with Gasteiger partial charge in [0.25, 0.3) is 0 Å². The molecule has 0 aliphatic carbocycles. The van der Waals surface area contributed by atoms with Crippen LogP contribution in [0.2, 0.25) is 0 Å². The van der Waals surface area contributed by atoms with E-state index < -0.39 is 5.72 Å². The van der Waals surface area contributed by atoms with Gasteiger partial charge in [-0.25, -0.2) is 0 Å². The van der Waals surface area contributed by atoms with Gasteiger partial charge in [-0.05, 0) is 48.2 Å². The second kappa shape index (κ2) is 11.1. The number of fused-ring (bicyclic) bond motifs is 1. The molecule has 37 heavy (non-hydrogen) atoms. The van der Waals surface area contributed by atoms with Crippen molar-refractivity contribution < 1.29 is 14.6 Å². The van der Waals surface area contributed by atoms with Crippen molar-refractivity contribution in [1.82, 2.24) is 14.8 Å². The molecule has 4 aromatic rings. The lowest BCUT2D eigenvalue weighted by molar-refractivity contribution is -0.160. The molecule has 190 valence electrons. The van der Waals surface area contributed by atoms with E-state index in [0.717, 1.165) is 34.9 Å². The lowest BCUT2D eigenvalue weighted by atomic mass is 9.93. The number of hydrogen-bond donors (Lipinski definition) is 1. The molecule has 0 radical (unpaired) electrons. The SMILES string of the molecule is COc1ccc2nccc(C(O)(CN3CCCCC3=O)N(Cc3ccccc3)Cc3ccccc3)c2c1. The summed E-state index contributed by atoms with van der Waals surface area (Å²) in [6, 6.07) is 27.9. The Balaban J connectivity index is 1.67. The molecule has 2 heterocycles. The topological polar surface area (TPSA) is 65.9 Å². The fourth-order valence-corrected chi connectivity index (χ4v) is 5.18. The number of piperidine rings is 1. The first kappa shape index (κ1) is 24.9. The van der Waals surface area contributed by atoms with Crippen LogP contribution in [0.15, 0.2) is 91.1 Å². The van der Waals surface area contributed by atoms with Crippen LogP contribution in [0.5, 0.6) is 5.75 Å². The number of rotatable bonds is 9. The first-order valence-corrected chi connectivity index (χ1v) is 12.8. The Bertz CT molecular complexity index is 1300. The average Bonchev–Trinajstić information content (AvgIpc) is 2.94. The normalized spacial score (nSPS) is 15.6. The first-order valence-electron chi connectivity index (χ1n) is 12.8. The monoisotopic (exact) mass is 495 g/mol. The van der Waals surface area contributed by atoms with Gasteiger partial charge < -0.3 is 14.7 Å². The predicted molar refractivity (Wildman–Crippen MR) is 145 cm³/mol. The van der Waals surface area contributed by atoms with Crippen LogP contribution >= 0.6 is 0 Å². The molecule has 1 N–H and O–H groups in total. The van der Waals surface area contributed by atoms with Crippen LogP contribution in [0, 0.1) is 0 Å². The summed E-state index contributed by atoms with van der Waals surface area (Å²) < 4.78 is 5.52. The Hall–Kier alpha value is -3.74. The summed E-state index contributed by atoms with van der Waals surface area (Å²) in [5, 5.41) is 13.7. The first-order chi connectivity index (χ1) is 18.1. The van der Waals surface area contributed by atoms with E-state index in [1.807, 2.05) is 65.6 Å². The lowest BCUT2D eigenvalue weighted by Crippen LogP contribution is -2.55. The summed E-state index contributed by atoms with van der Waals surface area (Å²) in [4.78, 5) is 21.4. The summed E-state index contributed by atoms with van der Waals surface area (Å²) in [7, 11) is 1.63. The summed E-state index contributed by atoms with van der Waals surface area (Å²) in [6.45, 7) is 1.81. The largest absolute Gasteiger partial charge is 0.497 e. The number of carbonyl (C=O) groups excluding carboxylic acids is 1. The van der Waals surface area contributed by atoms with Gasteiger partial charge >= 0.3 is 0 Å². The third kappa shape index (κ3) is 5.50. The van der Waals surface area contributed by atoms with E-state index in [-0.39, 0.29) is 12.5 Å². The molecule has 1 saturated heterocycles. The highest BCUT2D eigenvalue weighted by Gasteiger charge is 2.41. The Morgan fingerprint density at radius 3 is 2.24 bits per heavy atom.